The van der Waals surface area contributed by atoms with Crippen molar-refractivity contribution in [2.24, 2.45) is 0 Å². The molecule has 2 N–H and O–H groups in total. The summed E-state index contributed by atoms with van der Waals surface area (Å²) in [6.07, 6.45) is 1.92. The van der Waals surface area contributed by atoms with Crippen molar-refractivity contribution >= 4 is 17.5 Å². The van der Waals surface area contributed by atoms with Crippen molar-refractivity contribution in [3.05, 3.63) is 90.1 Å². The summed E-state index contributed by atoms with van der Waals surface area (Å²) in [5.74, 6) is 1.70. The second-order valence-electron chi connectivity index (χ2n) is 7.77. The molecule has 5 rings (SSSR count). The van der Waals surface area contributed by atoms with Crippen LogP contribution < -0.4 is 15.2 Å². The fraction of sp³-hybridized carbons (Fsp3) is 0.0741. The van der Waals surface area contributed by atoms with Crippen LogP contribution in [0.15, 0.2) is 85.1 Å². The number of aromatic nitrogens is 4. The molecule has 0 amide bonds. The van der Waals surface area contributed by atoms with Gasteiger partial charge in [-0.1, -0.05) is 17.7 Å². The van der Waals surface area contributed by atoms with Gasteiger partial charge in [-0.25, -0.2) is 14.6 Å². The summed E-state index contributed by atoms with van der Waals surface area (Å²) in [5.41, 5.74) is 11.7. The number of halogens is 1. The van der Waals surface area contributed by atoms with Gasteiger partial charge >= 0.3 is 0 Å². The van der Waals surface area contributed by atoms with E-state index in [1.807, 2.05) is 85.1 Å². The van der Waals surface area contributed by atoms with E-state index in [9.17, 15) is 0 Å². The number of nitrogens with two attached hydrogens (primary N) is 1. The summed E-state index contributed by atoms with van der Waals surface area (Å²) >= 11 is 6.24. The lowest BCUT2D eigenvalue weighted by molar-refractivity contribution is 0.415. The molecule has 2 heterocycles. The summed E-state index contributed by atoms with van der Waals surface area (Å²) < 4.78 is 12.4. The van der Waals surface area contributed by atoms with Gasteiger partial charge < -0.3 is 15.2 Å². The Kier molecular flexibility index (Phi) is 6.08. The lowest BCUT2D eigenvalue weighted by Gasteiger charge is -2.08. The number of anilines is 1. The van der Waals surface area contributed by atoms with Crippen LogP contribution in [0.25, 0.3) is 39.5 Å². The fourth-order valence-corrected chi connectivity index (χ4v) is 3.97. The summed E-state index contributed by atoms with van der Waals surface area (Å²) in [6, 6.07) is 24.8. The molecular formula is C27H22ClN5O2. The molecule has 8 heteroatoms. The second-order valence-corrected chi connectivity index (χ2v) is 8.21. The van der Waals surface area contributed by atoms with Gasteiger partial charge in [-0.2, -0.15) is 5.10 Å². The first-order valence-corrected chi connectivity index (χ1v) is 11.2. The third kappa shape index (κ3) is 4.67. The zero-order valence-electron chi connectivity index (χ0n) is 19.1. The maximum atomic E-state index is 6.24. The molecule has 0 radical (unpaired) electrons. The van der Waals surface area contributed by atoms with E-state index in [1.54, 1.807) is 18.9 Å². The molecule has 2 aromatic heterocycles. The lowest BCUT2D eigenvalue weighted by atomic mass is 10.0. The van der Waals surface area contributed by atoms with Crippen LogP contribution in [-0.4, -0.2) is 34.0 Å². The number of nitrogens with zero attached hydrogens (tertiary/aromatic N) is 4. The van der Waals surface area contributed by atoms with Gasteiger partial charge in [-0.3, -0.25) is 0 Å². The van der Waals surface area contributed by atoms with Crippen LogP contribution >= 0.6 is 11.6 Å². The van der Waals surface area contributed by atoms with E-state index in [4.69, 9.17) is 31.9 Å². The average Bonchev–Trinajstić information content (AvgIpc) is 3.34. The molecule has 0 fully saturated rings. The van der Waals surface area contributed by atoms with Crippen molar-refractivity contribution in [3.8, 4) is 51.0 Å². The van der Waals surface area contributed by atoms with Gasteiger partial charge in [-0.05, 0) is 72.8 Å². The van der Waals surface area contributed by atoms with Crippen LogP contribution in [0.3, 0.4) is 0 Å². The van der Waals surface area contributed by atoms with E-state index in [0.717, 1.165) is 39.6 Å². The molecule has 0 saturated heterocycles. The number of benzene rings is 3. The Labute approximate surface area is 207 Å². The van der Waals surface area contributed by atoms with Gasteiger partial charge in [0.1, 0.15) is 17.2 Å². The lowest BCUT2D eigenvalue weighted by Crippen LogP contribution is -1.99. The van der Waals surface area contributed by atoms with Gasteiger partial charge in [0, 0.05) is 27.9 Å². The molecule has 174 valence electrons. The standard InChI is InChI=1S/C27H22ClN5O2/c1-34-21-10-6-17(7-11-21)24-15-25(31-27(29)30-24)23-16-33(20-5-3-4-19(28)14-20)32-26(23)18-8-12-22(35-2)13-9-18/h3-16H,1-2H3,(H2,29,30,31). The van der Waals surface area contributed by atoms with Gasteiger partial charge in [0.15, 0.2) is 0 Å². The number of methoxy groups -OCH3 is 2. The zero-order chi connectivity index (χ0) is 24.4. The second kappa shape index (κ2) is 9.48. The zero-order valence-corrected chi connectivity index (χ0v) is 19.9. The van der Waals surface area contributed by atoms with Crippen LogP contribution in [0, 0.1) is 0 Å². The van der Waals surface area contributed by atoms with Gasteiger partial charge in [0.05, 0.1) is 31.3 Å². The minimum absolute atomic E-state index is 0.171. The topological polar surface area (TPSA) is 88.1 Å². The highest BCUT2D eigenvalue weighted by molar-refractivity contribution is 6.30. The van der Waals surface area contributed by atoms with Crippen LogP contribution in [-0.2, 0) is 0 Å². The summed E-state index contributed by atoms with van der Waals surface area (Å²) in [6.45, 7) is 0. The summed E-state index contributed by atoms with van der Waals surface area (Å²) in [5, 5.41) is 5.50. The normalized spacial score (nSPS) is 10.8. The molecule has 0 bridgehead atoms. The van der Waals surface area contributed by atoms with Gasteiger partial charge in [0.25, 0.3) is 0 Å². The summed E-state index contributed by atoms with van der Waals surface area (Å²) in [7, 11) is 3.27. The van der Waals surface area contributed by atoms with E-state index < -0.39 is 0 Å². The smallest absolute Gasteiger partial charge is 0.221 e. The molecule has 0 unspecified atom stereocenters. The maximum absolute atomic E-state index is 6.24. The minimum atomic E-state index is 0.171. The number of hydrogen-bond acceptors (Lipinski definition) is 6. The van der Waals surface area contributed by atoms with Crippen LogP contribution in [0.2, 0.25) is 5.02 Å². The Balaban J connectivity index is 1.66. The third-order valence-corrected chi connectivity index (χ3v) is 5.79. The molecule has 35 heavy (non-hydrogen) atoms. The Bertz CT molecular complexity index is 1480. The largest absolute Gasteiger partial charge is 0.497 e. The summed E-state index contributed by atoms with van der Waals surface area (Å²) in [4.78, 5) is 9.00. The SMILES string of the molecule is COc1ccc(-c2cc(-c3cn(-c4cccc(Cl)c4)nc3-c3ccc(OC)cc3)nc(N)n2)cc1. The van der Waals surface area contributed by atoms with Crippen molar-refractivity contribution in [2.45, 2.75) is 0 Å². The van der Waals surface area contributed by atoms with Crippen LogP contribution in [0.5, 0.6) is 11.5 Å². The van der Waals surface area contributed by atoms with Gasteiger partial charge in [0.2, 0.25) is 5.95 Å². The Hall–Kier alpha value is -4.36. The van der Waals surface area contributed by atoms with Gasteiger partial charge in [-0.15, -0.1) is 0 Å². The molecule has 0 aliphatic carbocycles. The molecular weight excluding hydrogens is 462 g/mol. The van der Waals surface area contributed by atoms with Crippen LogP contribution in [0.1, 0.15) is 0 Å². The van der Waals surface area contributed by atoms with E-state index in [0.29, 0.717) is 16.4 Å². The van der Waals surface area contributed by atoms with Crippen molar-refractivity contribution in [3.63, 3.8) is 0 Å². The number of rotatable bonds is 6. The van der Waals surface area contributed by atoms with Crippen LogP contribution in [0.4, 0.5) is 5.95 Å². The van der Waals surface area contributed by atoms with E-state index in [-0.39, 0.29) is 5.95 Å². The van der Waals surface area contributed by atoms with Crippen molar-refractivity contribution in [1.82, 2.24) is 19.7 Å². The van der Waals surface area contributed by atoms with Crippen molar-refractivity contribution < 1.29 is 9.47 Å². The van der Waals surface area contributed by atoms with E-state index in [1.165, 1.54) is 0 Å². The predicted molar refractivity (Wildman–Crippen MR) is 138 cm³/mol. The molecule has 3 aromatic carbocycles. The molecule has 0 aliphatic heterocycles. The fourth-order valence-electron chi connectivity index (χ4n) is 3.79. The molecule has 0 atom stereocenters. The first kappa shape index (κ1) is 22.4. The quantitative estimate of drug-likeness (QED) is 0.322. The highest BCUT2D eigenvalue weighted by Crippen LogP contribution is 2.34. The molecule has 0 saturated carbocycles. The average molecular weight is 484 g/mol. The van der Waals surface area contributed by atoms with Crippen molar-refractivity contribution in [2.75, 3.05) is 20.0 Å². The molecule has 0 spiro atoms. The first-order chi connectivity index (χ1) is 17.0. The maximum Gasteiger partial charge on any atom is 0.221 e. The highest BCUT2D eigenvalue weighted by Gasteiger charge is 2.18. The number of nitrogen functional groups attached to an aromatic ring is 1. The minimum Gasteiger partial charge on any atom is -0.497 e. The molecule has 5 aromatic rings. The first-order valence-electron chi connectivity index (χ1n) is 10.8. The molecule has 7 nitrogen and oxygen atoms in total. The highest BCUT2D eigenvalue weighted by atomic mass is 35.5. The Morgan fingerprint density at radius 1 is 0.771 bits per heavy atom. The monoisotopic (exact) mass is 483 g/mol. The van der Waals surface area contributed by atoms with E-state index in [2.05, 4.69) is 9.97 Å². The van der Waals surface area contributed by atoms with E-state index >= 15 is 0 Å². The van der Waals surface area contributed by atoms with Crippen molar-refractivity contribution in [1.29, 1.82) is 0 Å². The third-order valence-electron chi connectivity index (χ3n) is 5.56. The predicted octanol–water partition coefficient (Wildman–Crippen LogP) is 5.92. The Morgan fingerprint density at radius 3 is 2.03 bits per heavy atom. The molecule has 0 aliphatic rings. The Morgan fingerprint density at radius 2 is 1.40 bits per heavy atom. The number of ether oxygens (including phenoxy) is 2. The number of hydrogen-bond donors (Lipinski definition) is 1.